The maximum Gasteiger partial charge on any atom is 0.222 e. The molecule has 0 amide bonds. The van der Waals surface area contributed by atoms with Crippen LogP contribution in [-0.4, -0.2) is 20.9 Å². The van der Waals surface area contributed by atoms with Crippen molar-refractivity contribution in [3.8, 4) is 0 Å². The summed E-state index contributed by atoms with van der Waals surface area (Å²) in [6, 6.07) is 8.37. The van der Waals surface area contributed by atoms with Crippen molar-refractivity contribution in [3.05, 3.63) is 77.2 Å². The Labute approximate surface area is 186 Å². The lowest BCUT2D eigenvalue weighted by molar-refractivity contribution is 0.317. The third-order valence-corrected chi connectivity index (χ3v) is 5.98. The van der Waals surface area contributed by atoms with Gasteiger partial charge < -0.3 is 10.5 Å². The highest BCUT2D eigenvalue weighted by molar-refractivity contribution is 6.00. The molecule has 0 fully saturated rings. The number of anilines is 1. The van der Waals surface area contributed by atoms with Gasteiger partial charge in [-0.1, -0.05) is 74.0 Å². The molecule has 31 heavy (non-hydrogen) atoms. The highest BCUT2D eigenvalue weighted by Crippen LogP contribution is 2.32. The minimum atomic E-state index is 0.222. The standard InChI is InChI=1S/C26H34N4O/c1-5-21(22-7-6-13-26(3,4)14-12-22)15-24(30-31)23-17-28-25(29-18-23)27-16-20-10-8-19(2)9-11-20/h7-12,14,17-18,21,31H,5-6,13,15-16H2,1-4H3,(H,27,28,29)/b30-24+. The van der Waals surface area contributed by atoms with Gasteiger partial charge in [0.1, 0.15) is 0 Å². The van der Waals surface area contributed by atoms with Crippen LogP contribution in [0.1, 0.15) is 63.1 Å². The molecule has 0 bridgehead atoms. The van der Waals surface area contributed by atoms with Gasteiger partial charge in [0.15, 0.2) is 0 Å². The summed E-state index contributed by atoms with van der Waals surface area (Å²) in [5.41, 5.74) is 5.33. The van der Waals surface area contributed by atoms with Gasteiger partial charge in [-0.2, -0.15) is 0 Å². The van der Waals surface area contributed by atoms with Crippen molar-refractivity contribution in [2.75, 3.05) is 5.32 Å². The molecule has 0 saturated carbocycles. The van der Waals surface area contributed by atoms with E-state index in [4.69, 9.17) is 0 Å². The molecule has 1 aliphatic carbocycles. The van der Waals surface area contributed by atoms with Crippen LogP contribution in [0.15, 0.2) is 65.6 Å². The molecule has 0 spiro atoms. The van der Waals surface area contributed by atoms with E-state index < -0.39 is 0 Å². The summed E-state index contributed by atoms with van der Waals surface area (Å²) in [6.45, 7) is 9.46. The Bertz CT molecular complexity index is 940. The maximum absolute atomic E-state index is 9.68. The lowest BCUT2D eigenvalue weighted by atomic mass is 9.87. The number of nitrogens with one attached hydrogen (secondary N) is 1. The van der Waals surface area contributed by atoms with E-state index in [-0.39, 0.29) is 5.41 Å². The van der Waals surface area contributed by atoms with Gasteiger partial charge in [0.05, 0.1) is 5.71 Å². The zero-order chi connectivity index (χ0) is 22.3. The number of benzene rings is 1. The summed E-state index contributed by atoms with van der Waals surface area (Å²) in [7, 11) is 0. The molecule has 1 atom stereocenters. The summed E-state index contributed by atoms with van der Waals surface area (Å²) < 4.78 is 0. The quantitative estimate of drug-likeness (QED) is 0.300. The third kappa shape index (κ3) is 6.51. The number of nitrogens with zero attached hydrogens (tertiary/aromatic N) is 3. The van der Waals surface area contributed by atoms with Gasteiger partial charge in [-0.25, -0.2) is 9.97 Å². The fraction of sp³-hybridized carbons (Fsp3) is 0.423. The van der Waals surface area contributed by atoms with Crippen molar-refractivity contribution < 1.29 is 5.21 Å². The van der Waals surface area contributed by atoms with Crippen molar-refractivity contribution >= 4 is 11.7 Å². The molecule has 0 saturated heterocycles. The molecule has 1 aromatic heterocycles. The van der Waals surface area contributed by atoms with Crippen LogP contribution < -0.4 is 5.32 Å². The third-order valence-electron chi connectivity index (χ3n) is 5.98. The first-order chi connectivity index (χ1) is 14.9. The predicted octanol–water partition coefficient (Wildman–Crippen LogP) is 6.29. The molecule has 1 aliphatic rings. The van der Waals surface area contributed by atoms with E-state index in [1.54, 1.807) is 12.4 Å². The maximum atomic E-state index is 9.68. The van der Waals surface area contributed by atoms with Crippen LogP contribution in [0.2, 0.25) is 0 Å². The number of rotatable bonds is 8. The summed E-state index contributed by atoms with van der Waals surface area (Å²) in [5.74, 6) is 0.862. The van der Waals surface area contributed by atoms with E-state index in [0.29, 0.717) is 30.5 Å². The normalized spacial score (nSPS) is 17.0. The average Bonchev–Trinajstić information content (AvgIpc) is 2.95. The van der Waals surface area contributed by atoms with Crippen LogP contribution in [0.5, 0.6) is 0 Å². The van der Waals surface area contributed by atoms with E-state index in [9.17, 15) is 5.21 Å². The highest BCUT2D eigenvalue weighted by atomic mass is 16.4. The van der Waals surface area contributed by atoms with Crippen LogP contribution in [-0.2, 0) is 6.54 Å². The van der Waals surface area contributed by atoms with Gasteiger partial charge in [0.2, 0.25) is 5.95 Å². The SMILES string of the molecule is CCC(C/C(=N\O)c1cnc(NCc2ccc(C)cc2)nc1)C1=CCCC(C)(C)C=C1. The number of aromatic nitrogens is 2. The number of hydrogen-bond acceptors (Lipinski definition) is 5. The Morgan fingerprint density at radius 1 is 1.19 bits per heavy atom. The molecule has 0 radical (unpaired) electrons. The number of hydrogen-bond donors (Lipinski definition) is 2. The largest absolute Gasteiger partial charge is 0.411 e. The van der Waals surface area contributed by atoms with Crippen LogP contribution >= 0.6 is 0 Å². The topological polar surface area (TPSA) is 70.4 Å². The van der Waals surface area contributed by atoms with Crippen molar-refractivity contribution in [2.45, 2.75) is 59.9 Å². The molecule has 2 aromatic rings. The van der Waals surface area contributed by atoms with Crippen LogP contribution in [0.4, 0.5) is 5.95 Å². The van der Waals surface area contributed by atoms with Gasteiger partial charge in [-0.05, 0) is 48.7 Å². The molecular weight excluding hydrogens is 384 g/mol. The second-order valence-electron chi connectivity index (χ2n) is 9.06. The monoisotopic (exact) mass is 418 g/mol. The first-order valence-electron chi connectivity index (χ1n) is 11.1. The minimum absolute atomic E-state index is 0.222. The molecule has 3 rings (SSSR count). The zero-order valence-electron chi connectivity index (χ0n) is 19.1. The Hall–Kier alpha value is -2.95. The Morgan fingerprint density at radius 2 is 1.90 bits per heavy atom. The number of allylic oxidation sites excluding steroid dienone is 4. The van der Waals surface area contributed by atoms with Crippen LogP contribution in [0, 0.1) is 18.3 Å². The second-order valence-corrected chi connectivity index (χ2v) is 9.06. The molecular formula is C26H34N4O. The van der Waals surface area contributed by atoms with Crippen LogP contribution in [0.3, 0.4) is 0 Å². The fourth-order valence-corrected chi connectivity index (χ4v) is 3.79. The average molecular weight is 419 g/mol. The van der Waals surface area contributed by atoms with E-state index in [1.165, 1.54) is 16.7 Å². The Morgan fingerprint density at radius 3 is 2.55 bits per heavy atom. The first kappa shape index (κ1) is 22.7. The van der Waals surface area contributed by atoms with Crippen LogP contribution in [0.25, 0.3) is 0 Å². The van der Waals surface area contributed by atoms with Gasteiger partial charge in [0.25, 0.3) is 0 Å². The molecule has 5 heteroatoms. The molecule has 1 aromatic carbocycles. The molecule has 1 heterocycles. The predicted molar refractivity (Wildman–Crippen MR) is 127 cm³/mol. The van der Waals surface area contributed by atoms with Gasteiger partial charge >= 0.3 is 0 Å². The van der Waals surface area contributed by atoms with E-state index in [1.807, 2.05) is 0 Å². The molecule has 1 unspecified atom stereocenters. The van der Waals surface area contributed by atoms with Crippen molar-refractivity contribution in [1.82, 2.24) is 9.97 Å². The van der Waals surface area contributed by atoms with E-state index in [0.717, 1.165) is 24.8 Å². The van der Waals surface area contributed by atoms with Gasteiger partial charge in [-0.3, -0.25) is 0 Å². The molecule has 0 aliphatic heterocycles. The number of aryl methyl sites for hydroxylation is 1. The van der Waals surface area contributed by atoms with E-state index in [2.05, 4.69) is 90.6 Å². The molecule has 5 nitrogen and oxygen atoms in total. The Kier molecular flexibility index (Phi) is 7.61. The molecule has 2 N–H and O–H groups in total. The summed E-state index contributed by atoms with van der Waals surface area (Å²) in [6.07, 6.45) is 14.2. The first-order valence-corrected chi connectivity index (χ1v) is 11.1. The van der Waals surface area contributed by atoms with Crippen molar-refractivity contribution in [2.24, 2.45) is 16.5 Å². The lowest BCUT2D eigenvalue weighted by Gasteiger charge is -2.18. The van der Waals surface area contributed by atoms with Gasteiger partial charge in [-0.15, -0.1) is 0 Å². The van der Waals surface area contributed by atoms with Crippen molar-refractivity contribution in [3.63, 3.8) is 0 Å². The highest BCUT2D eigenvalue weighted by Gasteiger charge is 2.20. The lowest BCUT2D eigenvalue weighted by Crippen LogP contribution is -2.13. The summed E-state index contributed by atoms with van der Waals surface area (Å²) in [4.78, 5) is 8.83. The Balaban J connectivity index is 1.64. The number of oxime groups is 1. The van der Waals surface area contributed by atoms with Crippen molar-refractivity contribution in [1.29, 1.82) is 0 Å². The molecule has 164 valence electrons. The minimum Gasteiger partial charge on any atom is -0.411 e. The summed E-state index contributed by atoms with van der Waals surface area (Å²) >= 11 is 0. The van der Waals surface area contributed by atoms with E-state index >= 15 is 0 Å². The smallest absolute Gasteiger partial charge is 0.222 e. The fourth-order valence-electron chi connectivity index (χ4n) is 3.79. The summed E-state index contributed by atoms with van der Waals surface area (Å²) in [5, 5.41) is 16.5. The van der Waals surface area contributed by atoms with Gasteiger partial charge in [0, 0.05) is 30.9 Å². The zero-order valence-corrected chi connectivity index (χ0v) is 19.1. The second kappa shape index (κ2) is 10.4.